The topological polar surface area (TPSA) is 163 Å². The smallest absolute Gasteiger partial charge is 0.312 e. The maximum atomic E-state index is 11.9. The molecule has 138 heavy (non-hydrogen) atoms. The molecular weight excluding hydrogens is 1710 g/mol. The highest BCUT2D eigenvalue weighted by atomic mass is 16.7. The van der Waals surface area contributed by atoms with Crippen LogP contribution in [0.5, 0.6) is 40.2 Å². The maximum Gasteiger partial charge on any atom is 0.312 e. The molecule has 764 valence electrons. The highest BCUT2D eigenvalue weighted by Gasteiger charge is 2.59. The molecule has 14 aliphatic carbocycles. The molecule has 5 unspecified atom stereocenters. The SMILES string of the molecule is C.C.C.C.CCC(C)(C)C(=O)OC(C)c1ccccc1.CCC(C)c1ccc(O)cc1.CCc1ccc(O)cc1.CCc1ccc(O)cc1.CCc1ccc(O)cc1.CCc1ccc(OC(OC(C)C)C23CC4CC(CC(C4)C2)C3)cc1.CCc1ccc(OC(OC2CCCCC2)C23CC4CC(CC(C4)C2)C3)cc1.CCc1ccc(OC(OCCC2CCCCC2)C23CC4CC(CC(C4)C2)C3)cc1. The predicted octanol–water partition coefficient (Wildman–Crippen LogP) is 34.3. The van der Waals surface area contributed by atoms with E-state index in [1.807, 2.05) is 107 Å². The number of carbonyl (C=O) groups excluding carboxylic acids is 1. The Hall–Kier alpha value is -8.29. The molecule has 0 saturated heterocycles. The third kappa shape index (κ3) is 34.0. The Bertz CT molecular complexity index is 4430. The summed E-state index contributed by atoms with van der Waals surface area (Å²) in [6, 6.07) is 65.1. The number of benzene rings is 8. The lowest BCUT2D eigenvalue weighted by Crippen LogP contribution is -2.55. The quantitative estimate of drug-likeness (QED) is 0.0260. The molecule has 0 amide bonds. The zero-order valence-electron chi connectivity index (χ0n) is 84.8. The van der Waals surface area contributed by atoms with E-state index < -0.39 is 5.41 Å². The lowest BCUT2D eigenvalue weighted by atomic mass is 9.49. The summed E-state index contributed by atoms with van der Waals surface area (Å²) in [6.07, 6.45) is 48.4. The van der Waals surface area contributed by atoms with Crippen molar-refractivity contribution < 1.29 is 58.4 Å². The van der Waals surface area contributed by atoms with E-state index in [9.17, 15) is 4.79 Å². The largest absolute Gasteiger partial charge is 0.508 e. The number of rotatable bonds is 29. The molecular formula is C126H188O12. The lowest BCUT2D eigenvalue weighted by Gasteiger charge is -2.58. The zero-order chi connectivity index (χ0) is 95.2. The van der Waals surface area contributed by atoms with Crippen LogP contribution in [0.1, 0.15) is 382 Å². The van der Waals surface area contributed by atoms with Crippen LogP contribution in [-0.4, -0.2) is 64.1 Å². The van der Waals surface area contributed by atoms with Gasteiger partial charge in [-0.2, -0.15) is 0 Å². The van der Waals surface area contributed by atoms with Crippen molar-refractivity contribution in [2.24, 2.45) is 80.8 Å². The molecule has 8 aromatic carbocycles. The highest BCUT2D eigenvalue weighted by molar-refractivity contribution is 5.76. The monoisotopic (exact) mass is 1890 g/mol. The summed E-state index contributed by atoms with van der Waals surface area (Å²) in [6.45, 7) is 30.1. The molecule has 0 aromatic heterocycles. The normalized spacial score (nSPS) is 25.1. The van der Waals surface area contributed by atoms with Crippen LogP contribution >= 0.6 is 0 Å². The van der Waals surface area contributed by atoms with Crippen LogP contribution in [0, 0.1) is 80.8 Å². The van der Waals surface area contributed by atoms with Gasteiger partial charge in [0, 0.05) is 16.2 Å². The minimum atomic E-state index is -0.400. The first-order valence-electron chi connectivity index (χ1n) is 53.3. The van der Waals surface area contributed by atoms with Crippen LogP contribution in [0.15, 0.2) is 200 Å². The van der Waals surface area contributed by atoms with E-state index >= 15 is 0 Å². The van der Waals surface area contributed by atoms with Gasteiger partial charge in [0.25, 0.3) is 0 Å². The zero-order valence-corrected chi connectivity index (χ0v) is 84.8. The molecule has 14 aliphatic rings. The molecule has 22 rings (SSSR count). The summed E-state index contributed by atoms with van der Waals surface area (Å²) in [5.74, 6) is 14.0. The fourth-order valence-electron chi connectivity index (χ4n) is 25.0. The van der Waals surface area contributed by atoms with Gasteiger partial charge in [0.1, 0.15) is 46.4 Å². The van der Waals surface area contributed by atoms with E-state index in [0.29, 0.717) is 35.0 Å². The van der Waals surface area contributed by atoms with Crippen molar-refractivity contribution in [3.8, 4) is 40.2 Å². The van der Waals surface area contributed by atoms with Gasteiger partial charge in [-0.25, -0.2) is 0 Å². The van der Waals surface area contributed by atoms with Crippen LogP contribution in [0.2, 0.25) is 0 Å². The van der Waals surface area contributed by atoms with Gasteiger partial charge in [0.05, 0.1) is 24.2 Å². The van der Waals surface area contributed by atoms with Gasteiger partial charge in [-0.05, 0) is 415 Å². The molecule has 0 radical (unpaired) electrons. The van der Waals surface area contributed by atoms with Crippen molar-refractivity contribution in [3.63, 3.8) is 0 Å². The molecule has 0 spiro atoms. The highest BCUT2D eigenvalue weighted by Crippen LogP contribution is 2.65. The van der Waals surface area contributed by atoms with Gasteiger partial charge in [-0.3, -0.25) is 4.79 Å². The summed E-state index contributed by atoms with van der Waals surface area (Å²) in [5.41, 5.74) is 10.6. The lowest BCUT2D eigenvalue weighted by molar-refractivity contribution is -0.236. The van der Waals surface area contributed by atoms with Crippen LogP contribution in [0.4, 0.5) is 0 Å². The minimum absolute atomic E-state index is 0. The maximum absolute atomic E-state index is 11.9. The molecule has 0 aliphatic heterocycles. The van der Waals surface area contributed by atoms with Gasteiger partial charge in [-0.1, -0.05) is 259 Å². The predicted molar refractivity (Wildman–Crippen MR) is 575 cm³/mol. The van der Waals surface area contributed by atoms with Gasteiger partial charge in [-0.15, -0.1) is 0 Å². The first-order valence-corrected chi connectivity index (χ1v) is 53.3. The molecule has 4 N–H and O–H groups in total. The van der Waals surface area contributed by atoms with E-state index in [-0.39, 0.29) is 83.0 Å². The van der Waals surface area contributed by atoms with Crippen molar-refractivity contribution in [2.45, 2.75) is 407 Å². The Morgan fingerprint density at radius 3 is 0.957 bits per heavy atom. The van der Waals surface area contributed by atoms with E-state index in [4.69, 9.17) is 53.6 Å². The molecule has 14 fully saturated rings. The average Bonchev–Trinajstić information content (AvgIpc) is 0.743. The first-order chi connectivity index (χ1) is 64.7. The molecule has 5 atom stereocenters. The number of ether oxygens (including phenoxy) is 7. The number of aryl methyl sites for hydroxylation is 6. The van der Waals surface area contributed by atoms with Gasteiger partial charge < -0.3 is 53.6 Å². The average molecular weight is 1890 g/mol. The summed E-state index contributed by atoms with van der Waals surface area (Å²) in [4.78, 5) is 11.9. The third-order valence-corrected chi connectivity index (χ3v) is 32.4. The fourth-order valence-corrected chi connectivity index (χ4v) is 25.0. The summed E-state index contributed by atoms with van der Waals surface area (Å²) in [5, 5.41) is 35.6. The molecule has 12 bridgehead atoms. The van der Waals surface area contributed by atoms with Crippen molar-refractivity contribution in [2.75, 3.05) is 6.61 Å². The molecule has 12 nitrogen and oxygen atoms in total. The van der Waals surface area contributed by atoms with Crippen molar-refractivity contribution in [1.82, 2.24) is 0 Å². The molecule has 12 heteroatoms. The second kappa shape index (κ2) is 56.5. The Labute approximate surface area is 838 Å². The number of phenolic OH excluding ortho intramolecular Hbond substituents is 4. The number of phenols is 4. The third-order valence-electron chi connectivity index (χ3n) is 32.4. The molecule has 14 saturated carbocycles. The Kier molecular flexibility index (Phi) is 47.1. The molecule has 8 aromatic rings. The van der Waals surface area contributed by atoms with Gasteiger partial charge in [0.2, 0.25) is 18.9 Å². The minimum Gasteiger partial charge on any atom is -0.508 e. The van der Waals surface area contributed by atoms with Crippen LogP contribution in [0.25, 0.3) is 0 Å². The van der Waals surface area contributed by atoms with Crippen molar-refractivity contribution in [3.05, 3.63) is 245 Å². The van der Waals surface area contributed by atoms with E-state index in [1.165, 1.54) is 225 Å². The Balaban J connectivity index is 0.000000201. The van der Waals surface area contributed by atoms with Crippen LogP contribution in [-0.2, 0) is 62.3 Å². The van der Waals surface area contributed by atoms with Gasteiger partial charge in [0.15, 0.2) is 0 Å². The Morgan fingerprint density at radius 2 is 0.645 bits per heavy atom. The standard InChI is InChI=1S/C27H40O2.C25H36O2.C22H32O2.C14H20O2.C10H14O.3C8H10O.4CH4/c1-2-20-8-10-25(11-9-20)29-26(28-13-12-21-6-4-3-5-7-21)27-17-22-14-23(18-27)16-24(15-22)19-27;1-2-18-8-10-23(11-9-18)27-24(26-22-6-4-3-5-7-22)25-15-19-12-20(16-25)14-21(13-19)17-25;1-4-16-5-7-20(8-6-16)24-21(23-15(2)3)22-12-17-9-18(13-22)11-19(10-17)14-22;1-5-14(3,4)13(15)16-11(2)12-9-7-6-8-10-12;1-3-8(2)9-4-6-10(11)7-5-9;3*1-2-7-3-5-8(9)6-4-7;;;;/h8-11,21-24,26H,2-7,12-19H2,1H3;8-11,19-22,24H,2-7,12-17H2,1H3;5-8,15,17-19,21H,4,9-14H2,1-3H3;6-11H,5H2,1-4H3;4-8,11H,3H2,1-2H3;3*3-6,9H,2H2,1H3;4*1H4. The molecule has 0 heterocycles. The first kappa shape index (κ1) is 115. The second-order valence-electron chi connectivity index (χ2n) is 43.6. The Morgan fingerprint density at radius 1 is 0.355 bits per heavy atom. The van der Waals surface area contributed by atoms with Gasteiger partial charge >= 0.3 is 5.97 Å². The van der Waals surface area contributed by atoms with Crippen LogP contribution in [0.3, 0.4) is 0 Å². The number of carbonyl (C=O) groups is 1. The second-order valence-corrected chi connectivity index (χ2v) is 43.6. The number of hydrogen-bond acceptors (Lipinski definition) is 12. The van der Waals surface area contributed by atoms with E-state index in [1.54, 1.807) is 48.5 Å². The number of hydrogen-bond donors (Lipinski definition) is 4. The summed E-state index contributed by atoms with van der Waals surface area (Å²) < 4.78 is 45.1. The summed E-state index contributed by atoms with van der Waals surface area (Å²) >= 11 is 0. The number of esters is 1. The van der Waals surface area contributed by atoms with Crippen molar-refractivity contribution in [1.29, 1.82) is 0 Å². The van der Waals surface area contributed by atoms with Crippen molar-refractivity contribution >= 4 is 5.97 Å². The summed E-state index contributed by atoms with van der Waals surface area (Å²) in [7, 11) is 0. The number of aromatic hydroxyl groups is 4. The van der Waals surface area contributed by atoms with E-state index in [0.717, 1.165) is 140 Å². The fraction of sp³-hybridized carbons (Fsp3) is 0.611. The van der Waals surface area contributed by atoms with Crippen LogP contribution < -0.4 is 14.2 Å². The van der Waals surface area contributed by atoms with E-state index in [2.05, 4.69) is 142 Å².